The molecule has 152 valence electrons. The van der Waals surface area contributed by atoms with Gasteiger partial charge in [0.05, 0.1) is 10.6 Å². The van der Waals surface area contributed by atoms with Crippen molar-refractivity contribution in [2.75, 3.05) is 0 Å². The SMILES string of the molecule is CC(=O)c1ccc(-c2cc3ccccc3s2)cc1CS(=O)(=O)c1cc(Cl)cc(Cl)c1. The van der Waals surface area contributed by atoms with Crippen LogP contribution in [0.5, 0.6) is 0 Å². The Labute approximate surface area is 188 Å². The number of ketones is 1. The quantitative estimate of drug-likeness (QED) is 0.291. The molecular formula is C23H16Cl2O3S2. The number of sulfone groups is 1. The van der Waals surface area contributed by atoms with Gasteiger partial charge in [-0.1, -0.05) is 53.5 Å². The number of hydrogen-bond acceptors (Lipinski definition) is 4. The number of hydrogen-bond donors (Lipinski definition) is 0. The van der Waals surface area contributed by atoms with Crippen LogP contribution in [0.3, 0.4) is 0 Å². The highest BCUT2D eigenvalue weighted by atomic mass is 35.5. The zero-order chi connectivity index (χ0) is 21.5. The highest BCUT2D eigenvalue weighted by Gasteiger charge is 2.21. The maximum absolute atomic E-state index is 13.0. The first-order valence-corrected chi connectivity index (χ1v) is 12.3. The van der Waals surface area contributed by atoms with Crippen LogP contribution in [-0.2, 0) is 15.6 Å². The van der Waals surface area contributed by atoms with E-state index in [9.17, 15) is 13.2 Å². The molecule has 0 fully saturated rings. The Morgan fingerprint density at radius 2 is 1.63 bits per heavy atom. The van der Waals surface area contributed by atoms with Gasteiger partial charge in [-0.3, -0.25) is 4.79 Å². The summed E-state index contributed by atoms with van der Waals surface area (Å²) in [6.07, 6.45) is 0. The smallest absolute Gasteiger partial charge is 0.182 e. The summed E-state index contributed by atoms with van der Waals surface area (Å²) in [6.45, 7) is 1.43. The minimum atomic E-state index is -3.76. The summed E-state index contributed by atoms with van der Waals surface area (Å²) >= 11 is 13.6. The van der Waals surface area contributed by atoms with Gasteiger partial charge in [-0.25, -0.2) is 8.42 Å². The molecule has 7 heteroatoms. The average molecular weight is 475 g/mol. The first-order chi connectivity index (χ1) is 14.2. The molecule has 0 N–H and O–H groups in total. The minimum Gasteiger partial charge on any atom is -0.295 e. The molecule has 0 spiro atoms. The fraction of sp³-hybridized carbons (Fsp3) is 0.0870. The van der Waals surface area contributed by atoms with Gasteiger partial charge in [0.25, 0.3) is 0 Å². The average Bonchev–Trinajstić information content (AvgIpc) is 3.11. The van der Waals surface area contributed by atoms with Gasteiger partial charge in [-0.05, 0) is 59.8 Å². The molecule has 4 aromatic rings. The molecule has 30 heavy (non-hydrogen) atoms. The Balaban J connectivity index is 1.79. The second-order valence-electron chi connectivity index (χ2n) is 6.94. The highest BCUT2D eigenvalue weighted by molar-refractivity contribution is 7.90. The summed E-state index contributed by atoms with van der Waals surface area (Å²) in [5.74, 6) is -0.510. The van der Waals surface area contributed by atoms with Crippen LogP contribution in [0.4, 0.5) is 0 Å². The lowest BCUT2D eigenvalue weighted by atomic mass is 10.0. The molecule has 0 saturated carbocycles. The second kappa shape index (κ2) is 8.16. The number of carbonyl (C=O) groups excluding carboxylic acids is 1. The summed E-state index contributed by atoms with van der Waals surface area (Å²) in [5, 5.41) is 1.61. The molecule has 0 radical (unpaired) electrons. The molecule has 0 amide bonds. The molecule has 0 bridgehead atoms. The number of rotatable bonds is 5. The lowest BCUT2D eigenvalue weighted by Crippen LogP contribution is -2.09. The summed E-state index contributed by atoms with van der Waals surface area (Å²) in [6, 6.07) is 19.6. The summed E-state index contributed by atoms with van der Waals surface area (Å²) in [5.41, 5.74) is 1.71. The molecule has 0 atom stereocenters. The molecule has 0 unspecified atom stereocenters. The van der Waals surface area contributed by atoms with E-state index in [0.29, 0.717) is 11.1 Å². The Hall–Kier alpha value is -2.18. The molecule has 4 rings (SSSR count). The van der Waals surface area contributed by atoms with Crippen molar-refractivity contribution in [3.8, 4) is 10.4 Å². The van der Waals surface area contributed by atoms with Crippen LogP contribution in [-0.4, -0.2) is 14.2 Å². The van der Waals surface area contributed by atoms with Gasteiger partial charge in [0.1, 0.15) is 0 Å². The summed E-state index contributed by atoms with van der Waals surface area (Å²) in [4.78, 5) is 13.2. The normalized spacial score (nSPS) is 11.7. The zero-order valence-electron chi connectivity index (χ0n) is 15.9. The van der Waals surface area contributed by atoms with E-state index in [2.05, 4.69) is 6.07 Å². The second-order valence-corrected chi connectivity index (χ2v) is 10.9. The maximum atomic E-state index is 13.0. The van der Waals surface area contributed by atoms with E-state index in [0.717, 1.165) is 20.5 Å². The van der Waals surface area contributed by atoms with E-state index in [1.165, 1.54) is 25.1 Å². The van der Waals surface area contributed by atoms with E-state index in [-0.39, 0.29) is 26.5 Å². The third-order valence-electron chi connectivity index (χ3n) is 4.74. The Morgan fingerprint density at radius 1 is 0.933 bits per heavy atom. The standard InChI is InChI=1S/C23H16Cl2O3S2/c1-14(26)21-7-6-16(23-9-15-4-2-3-5-22(15)29-23)8-17(21)13-30(27,28)20-11-18(24)10-19(25)12-20/h2-12H,13H2,1H3. The van der Waals surface area contributed by atoms with Crippen LogP contribution < -0.4 is 0 Å². The molecule has 0 aliphatic carbocycles. The monoisotopic (exact) mass is 474 g/mol. The van der Waals surface area contributed by atoms with Crippen molar-refractivity contribution in [2.24, 2.45) is 0 Å². The van der Waals surface area contributed by atoms with Gasteiger partial charge < -0.3 is 0 Å². The lowest BCUT2D eigenvalue weighted by molar-refractivity contribution is 0.101. The molecule has 3 aromatic carbocycles. The van der Waals surface area contributed by atoms with Crippen LogP contribution in [0.25, 0.3) is 20.5 Å². The van der Waals surface area contributed by atoms with E-state index in [1.807, 2.05) is 30.3 Å². The largest absolute Gasteiger partial charge is 0.295 e. The van der Waals surface area contributed by atoms with E-state index < -0.39 is 9.84 Å². The summed E-state index contributed by atoms with van der Waals surface area (Å²) < 4.78 is 27.2. The number of carbonyl (C=O) groups is 1. The maximum Gasteiger partial charge on any atom is 0.182 e. The first-order valence-electron chi connectivity index (χ1n) is 9.04. The van der Waals surface area contributed by atoms with Crippen LogP contribution in [0, 0.1) is 0 Å². The lowest BCUT2D eigenvalue weighted by Gasteiger charge is -2.11. The fourth-order valence-electron chi connectivity index (χ4n) is 3.33. The Bertz CT molecular complexity index is 1340. The topological polar surface area (TPSA) is 51.2 Å². The van der Waals surface area contributed by atoms with Crippen LogP contribution >= 0.6 is 34.5 Å². The van der Waals surface area contributed by atoms with Crippen LogP contribution in [0.15, 0.2) is 71.6 Å². The number of benzene rings is 3. The Kier molecular flexibility index (Phi) is 5.73. The van der Waals surface area contributed by atoms with Crippen molar-refractivity contribution < 1.29 is 13.2 Å². The fourth-order valence-corrected chi connectivity index (χ4v) is 6.47. The van der Waals surface area contributed by atoms with Crippen molar-refractivity contribution in [3.05, 3.63) is 87.9 Å². The zero-order valence-corrected chi connectivity index (χ0v) is 19.0. The molecular weight excluding hydrogens is 459 g/mol. The van der Waals surface area contributed by atoms with Crippen molar-refractivity contribution in [2.45, 2.75) is 17.6 Å². The van der Waals surface area contributed by atoms with Gasteiger partial charge in [0.2, 0.25) is 0 Å². The Morgan fingerprint density at radius 3 is 2.30 bits per heavy atom. The number of halogens is 2. The van der Waals surface area contributed by atoms with Crippen molar-refractivity contribution >= 4 is 60.2 Å². The van der Waals surface area contributed by atoms with Gasteiger partial charge in [-0.15, -0.1) is 11.3 Å². The van der Waals surface area contributed by atoms with Crippen molar-refractivity contribution in [3.63, 3.8) is 0 Å². The molecule has 0 saturated heterocycles. The predicted molar refractivity (Wildman–Crippen MR) is 125 cm³/mol. The first kappa shape index (κ1) is 21.1. The third kappa shape index (κ3) is 4.30. The molecule has 1 heterocycles. The molecule has 1 aromatic heterocycles. The van der Waals surface area contributed by atoms with E-state index in [4.69, 9.17) is 23.2 Å². The van der Waals surface area contributed by atoms with Gasteiger partial charge in [0.15, 0.2) is 15.6 Å². The number of fused-ring (bicyclic) bond motifs is 1. The van der Waals surface area contributed by atoms with Crippen LogP contribution in [0.1, 0.15) is 22.8 Å². The number of thiophene rings is 1. The number of Topliss-reactive ketones (excluding diaryl/α,β-unsaturated/α-hetero) is 1. The van der Waals surface area contributed by atoms with Crippen molar-refractivity contribution in [1.82, 2.24) is 0 Å². The third-order valence-corrected chi connectivity index (χ3v) is 7.98. The van der Waals surface area contributed by atoms with Gasteiger partial charge in [0, 0.05) is 25.2 Å². The van der Waals surface area contributed by atoms with Gasteiger partial charge in [-0.2, -0.15) is 0 Å². The van der Waals surface area contributed by atoms with Crippen LogP contribution in [0.2, 0.25) is 10.0 Å². The molecule has 3 nitrogen and oxygen atoms in total. The van der Waals surface area contributed by atoms with Crippen molar-refractivity contribution in [1.29, 1.82) is 0 Å². The summed E-state index contributed by atoms with van der Waals surface area (Å²) in [7, 11) is -3.76. The van der Waals surface area contributed by atoms with E-state index >= 15 is 0 Å². The minimum absolute atomic E-state index is 0.0294. The highest BCUT2D eigenvalue weighted by Crippen LogP contribution is 2.35. The molecule has 0 aliphatic heterocycles. The van der Waals surface area contributed by atoms with E-state index in [1.54, 1.807) is 23.5 Å². The van der Waals surface area contributed by atoms with Gasteiger partial charge >= 0.3 is 0 Å². The predicted octanol–water partition coefficient (Wildman–Crippen LogP) is 7.05. The molecule has 0 aliphatic rings.